The summed E-state index contributed by atoms with van der Waals surface area (Å²) >= 11 is 11.3. The SMILES string of the molecule is Cc1c(Cl)cccc1CNC(=O)CCl. The van der Waals surface area contributed by atoms with E-state index in [0.29, 0.717) is 11.6 Å². The normalized spacial score (nSPS) is 9.93. The summed E-state index contributed by atoms with van der Waals surface area (Å²) in [5, 5.41) is 3.40. The van der Waals surface area contributed by atoms with Gasteiger partial charge < -0.3 is 5.32 Å². The zero-order valence-electron chi connectivity index (χ0n) is 7.81. The molecule has 1 aromatic rings. The summed E-state index contributed by atoms with van der Waals surface area (Å²) in [6, 6.07) is 5.61. The third kappa shape index (κ3) is 2.89. The van der Waals surface area contributed by atoms with E-state index >= 15 is 0 Å². The summed E-state index contributed by atoms with van der Waals surface area (Å²) in [5.41, 5.74) is 2.00. The van der Waals surface area contributed by atoms with Crippen LogP contribution in [0.4, 0.5) is 0 Å². The molecule has 0 radical (unpaired) electrons. The Kier molecular flexibility index (Phi) is 4.23. The maximum absolute atomic E-state index is 10.9. The molecule has 1 rings (SSSR count). The van der Waals surface area contributed by atoms with Gasteiger partial charge in [-0.1, -0.05) is 23.7 Å². The van der Waals surface area contributed by atoms with E-state index in [2.05, 4.69) is 5.32 Å². The quantitative estimate of drug-likeness (QED) is 0.797. The topological polar surface area (TPSA) is 29.1 Å². The molecule has 1 amide bonds. The lowest BCUT2D eigenvalue weighted by molar-refractivity contribution is -0.118. The van der Waals surface area contributed by atoms with E-state index in [9.17, 15) is 4.79 Å². The molecule has 0 bridgehead atoms. The molecule has 0 saturated carbocycles. The summed E-state index contributed by atoms with van der Waals surface area (Å²) < 4.78 is 0. The minimum Gasteiger partial charge on any atom is -0.351 e. The third-order valence-corrected chi connectivity index (χ3v) is 2.63. The van der Waals surface area contributed by atoms with Gasteiger partial charge in [0.05, 0.1) is 0 Å². The lowest BCUT2D eigenvalue weighted by atomic mass is 10.1. The molecule has 0 aliphatic carbocycles. The minimum absolute atomic E-state index is 0.0143. The zero-order valence-corrected chi connectivity index (χ0v) is 9.32. The van der Waals surface area contributed by atoms with Crippen LogP contribution in [0.3, 0.4) is 0 Å². The average Bonchev–Trinajstić information content (AvgIpc) is 2.20. The lowest BCUT2D eigenvalue weighted by Crippen LogP contribution is -2.24. The van der Waals surface area contributed by atoms with Crippen molar-refractivity contribution in [3.05, 3.63) is 34.3 Å². The number of carbonyl (C=O) groups excluding carboxylic acids is 1. The van der Waals surface area contributed by atoms with Crippen LogP contribution in [0.1, 0.15) is 11.1 Å². The fourth-order valence-corrected chi connectivity index (χ4v) is 1.37. The molecule has 4 heteroatoms. The minimum atomic E-state index is -0.175. The standard InChI is InChI=1S/C10H11Cl2NO/c1-7-8(3-2-4-9(7)12)6-13-10(14)5-11/h2-4H,5-6H2,1H3,(H,13,14). The van der Waals surface area contributed by atoms with E-state index in [-0.39, 0.29) is 11.8 Å². The van der Waals surface area contributed by atoms with E-state index < -0.39 is 0 Å². The number of rotatable bonds is 3. The highest BCUT2D eigenvalue weighted by Crippen LogP contribution is 2.18. The first-order valence-corrected chi connectivity index (χ1v) is 5.13. The molecular formula is C10H11Cl2NO. The Morgan fingerprint density at radius 2 is 2.21 bits per heavy atom. The molecule has 1 aromatic carbocycles. The molecule has 14 heavy (non-hydrogen) atoms. The van der Waals surface area contributed by atoms with Crippen LogP contribution in [0.5, 0.6) is 0 Å². The molecule has 0 atom stereocenters. The smallest absolute Gasteiger partial charge is 0.235 e. The Morgan fingerprint density at radius 1 is 1.50 bits per heavy atom. The largest absolute Gasteiger partial charge is 0.351 e. The number of benzene rings is 1. The van der Waals surface area contributed by atoms with Gasteiger partial charge in [0.1, 0.15) is 5.88 Å². The van der Waals surface area contributed by atoms with Crippen LogP contribution in [0.2, 0.25) is 5.02 Å². The Balaban J connectivity index is 2.68. The predicted molar refractivity (Wildman–Crippen MR) is 58.8 cm³/mol. The second kappa shape index (κ2) is 5.23. The van der Waals surface area contributed by atoms with E-state index in [1.165, 1.54) is 0 Å². The van der Waals surface area contributed by atoms with Gasteiger partial charge in [0, 0.05) is 11.6 Å². The Hall–Kier alpha value is -0.730. The van der Waals surface area contributed by atoms with Crippen molar-refractivity contribution in [3.63, 3.8) is 0 Å². The van der Waals surface area contributed by atoms with Crippen molar-refractivity contribution >= 4 is 29.1 Å². The fourth-order valence-electron chi connectivity index (χ4n) is 1.08. The molecule has 0 saturated heterocycles. The van der Waals surface area contributed by atoms with Gasteiger partial charge in [-0.3, -0.25) is 4.79 Å². The number of nitrogens with one attached hydrogen (secondary N) is 1. The first-order chi connectivity index (χ1) is 6.65. The molecule has 0 aliphatic rings. The van der Waals surface area contributed by atoms with Gasteiger partial charge in [-0.2, -0.15) is 0 Å². The molecule has 0 spiro atoms. The third-order valence-electron chi connectivity index (χ3n) is 1.98. The Morgan fingerprint density at radius 3 is 2.86 bits per heavy atom. The molecular weight excluding hydrogens is 221 g/mol. The van der Waals surface area contributed by atoms with Crippen LogP contribution in [-0.4, -0.2) is 11.8 Å². The molecule has 0 aromatic heterocycles. The van der Waals surface area contributed by atoms with Gasteiger partial charge in [-0.15, -0.1) is 11.6 Å². The van der Waals surface area contributed by atoms with Crippen molar-refractivity contribution in [1.82, 2.24) is 5.32 Å². The van der Waals surface area contributed by atoms with Crippen molar-refractivity contribution in [3.8, 4) is 0 Å². The van der Waals surface area contributed by atoms with Gasteiger partial charge in [-0.25, -0.2) is 0 Å². The second-order valence-corrected chi connectivity index (χ2v) is 3.61. The number of alkyl halides is 1. The van der Waals surface area contributed by atoms with Crippen LogP contribution in [0.15, 0.2) is 18.2 Å². The summed E-state index contributed by atoms with van der Waals surface area (Å²) in [6.07, 6.45) is 0. The summed E-state index contributed by atoms with van der Waals surface area (Å²) in [4.78, 5) is 10.9. The number of hydrogen-bond donors (Lipinski definition) is 1. The predicted octanol–water partition coefficient (Wildman–Crippen LogP) is 2.50. The number of amides is 1. The highest BCUT2D eigenvalue weighted by atomic mass is 35.5. The van der Waals surface area contributed by atoms with E-state index in [4.69, 9.17) is 23.2 Å². The summed E-state index contributed by atoms with van der Waals surface area (Å²) in [7, 11) is 0. The number of carbonyl (C=O) groups is 1. The first-order valence-electron chi connectivity index (χ1n) is 4.22. The Bertz CT molecular complexity index is 339. The fraction of sp³-hybridized carbons (Fsp3) is 0.300. The van der Waals surface area contributed by atoms with Crippen molar-refractivity contribution in [2.24, 2.45) is 0 Å². The maximum Gasteiger partial charge on any atom is 0.235 e. The average molecular weight is 232 g/mol. The summed E-state index contributed by atoms with van der Waals surface area (Å²) in [6.45, 7) is 2.39. The van der Waals surface area contributed by atoms with Crippen LogP contribution in [-0.2, 0) is 11.3 Å². The van der Waals surface area contributed by atoms with Gasteiger partial charge in [0.15, 0.2) is 0 Å². The van der Waals surface area contributed by atoms with Crippen molar-refractivity contribution in [2.75, 3.05) is 5.88 Å². The first kappa shape index (κ1) is 11.3. The Labute approximate surface area is 93.2 Å². The molecule has 0 fully saturated rings. The van der Waals surface area contributed by atoms with Crippen molar-refractivity contribution < 1.29 is 4.79 Å². The van der Waals surface area contributed by atoms with E-state index in [0.717, 1.165) is 11.1 Å². The number of halogens is 2. The van der Waals surface area contributed by atoms with Gasteiger partial charge in [0.25, 0.3) is 0 Å². The van der Waals surface area contributed by atoms with Crippen LogP contribution in [0, 0.1) is 6.92 Å². The molecule has 0 aliphatic heterocycles. The van der Waals surface area contributed by atoms with E-state index in [1.54, 1.807) is 0 Å². The van der Waals surface area contributed by atoms with Crippen molar-refractivity contribution in [2.45, 2.75) is 13.5 Å². The zero-order chi connectivity index (χ0) is 10.6. The monoisotopic (exact) mass is 231 g/mol. The molecule has 1 N–H and O–H groups in total. The lowest BCUT2D eigenvalue weighted by Gasteiger charge is -2.07. The molecule has 76 valence electrons. The highest BCUT2D eigenvalue weighted by Gasteiger charge is 2.03. The molecule has 0 heterocycles. The van der Waals surface area contributed by atoms with Crippen LogP contribution >= 0.6 is 23.2 Å². The molecule has 2 nitrogen and oxygen atoms in total. The maximum atomic E-state index is 10.9. The van der Waals surface area contributed by atoms with Gasteiger partial charge in [-0.05, 0) is 24.1 Å². The highest BCUT2D eigenvalue weighted by molar-refractivity contribution is 6.31. The van der Waals surface area contributed by atoms with Gasteiger partial charge >= 0.3 is 0 Å². The number of hydrogen-bond acceptors (Lipinski definition) is 1. The van der Waals surface area contributed by atoms with Crippen LogP contribution < -0.4 is 5.32 Å². The van der Waals surface area contributed by atoms with Gasteiger partial charge in [0.2, 0.25) is 5.91 Å². The summed E-state index contributed by atoms with van der Waals surface area (Å²) in [5.74, 6) is -0.189. The van der Waals surface area contributed by atoms with Crippen LogP contribution in [0.25, 0.3) is 0 Å². The molecule has 0 unspecified atom stereocenters. The van der Waals surface area contributed by atoms with E-state index in [1.807, 2.05) is 25.1 Å². The van der Waals surface area contributed by atoms with Crippen molar-refractivity contribution in [1.29, 1.82) is 0 Å². The second-order valence-electron chi connectivity index (χ2n) is 2.93.